The molecule has 20 heavy (non-hydrogen) atoms. The van der Waals surface area contributed by atoms with Gasteiger partial charge in [-0.05, 0) is 51.4 Å². The first-order valence-corrected chi connectivity index (χ1v) is 7.79. The third kappa shape index (κ3) is 2.60. The molecule has 4 heteroatoms. The molecule has 0 saturated carbocycles. The Bertz CT molecular complexity index is 435. The minimum absolute atomic E-state index is 0.156. The van der Waals surface area contributed by atoms with Crippen molar-refractivity contribution in [2.45, 2.75) is 43.8 Å². The van der Waals surface area contributed by atoms with Crippen LogP contribution in [0.3, 0.4) is 0 Å². The molecule has 0 bridgehead atoms. The van der Waals surface area contributed by atoms with Crippen molar-refractivity contribution in [1.82, 2.24) is 14.8 Å². The number of rotatable bonds is 4. The van der Waals surface area contributed by atoms with Crippen molar-refractivity contribution < 1.29 is 0 Å². The lowest BCUT2D eigenvalue weighted by Crippen LogP contribution is -2.59. The maximum Gasteiger partial charge on any atom is 0.0544 e. The molecule has 3 rings (SSSR count). The summed E-state index contributed by atoms with van der Waals surface area (Å²) in [5, 5.41) is 0. The molecular weight excluding hydrogens is 248 g/mol. The Morgan fingerprint density at radius 1 is 1.45 bits per heavy atom. The number of hydrogen-bond acceptors (Lipinski definition) is 4. The van der Waals surface area contributed by atoms with Crippen molar-refractivity contribution in [3.63, 3.8) is 0 Å². The fraction of sp³-hybridized carbons (Fsp3) is 0.688. The first-order chi connectivity index (χ1) is 9.73. The molecule has 2 unspecified atom stereocenters. The van der Waals surface area contributed by atoms with Crippen LogP contribution in [0.25, 0.3) is 0 Å². The zero-order chi connectivity index (χ0) is 14.0. The molecule has 2 aliphatic heterocycles. The van der Waals surface area contributed by atoms with Crippen molar-refractivity contribution in [3.8, 4) is 0 Å². The summed E-state index contributed by atoms with van der Waals surface area (Å²) < 4.78 is 0. The van der Waals surface area contributed by atoms with Crippen molar-refractivity contribution >= 4 is 0 Å². The van der Waals surface area contributed by atoms with Gasteiger partial charge in [0.2, 0.25) is 0 Å². The predicted octanol–water partition coefficient (Wildman–Crippen LogP) is 1.47. The van der Waals surface area contributed by atoms with Gasteiger partial charge in [-0.15, -0.1) is 0 Å². The summed E-state index contributed by atoms with van der Waals surface area (Å²) >= 11 is 0. The second-order valence-corrected chi connectivity index (χ2v) is 6.39. The molecule has 1 aromatic heterocycles. The number of nitrogens with two attached hydrogens (primary N) is 1. The smallest absolute Gasteiger partial charge is 0.0544 e. The van der Waals surface area contributed by atoms with Crippen LogP contribution in [0.1, 0.15) is 31.4 Å². The lowest BCUT2D eigenvalue weighted by Gasteiger charge is -2.49. The second-order valence-electron chi connectivity index (χ2n) is 6.39. The summed E-state index contributed by atoms with van der Waals surface area (Å²) in [5.74, 6) is 0. The average molecular weight is 274 g/mol. The summed E-state index contributed by atoms with van der Waals surface area (Å²) in [4.78, 5) is 9.56. The molecule has 110 valence electrons. The minimum Gasteiger partial charge on any atom is -0.329 e. The van der Waals surface area contributed by atoms with Crippen molar-refractivity contribution in [2.24, 2.45) is 5.73 Å². The molecule has 2 fully saturated rings. The summed E-state index contributed by atoms with van der Waals surface area (Å²) in [7, 11) is 2.21. The van der Waals surface area contributed by atoms with Gasteiger partial charge in [-0.2, -0.15) is 0 Å². The Hall–Kier alpha value is -0.970. The van der Waals surface area contributed by atoms with Gasteiger partial charge in [-0.25, -0.2) is 0 Å². The van der Waals surface area contributed by atoms with Crippen LogP contribution in [0.4, 0.5) is 0 Å². The zero-order valence-corrected chi connectivity index (χ0v) is 12.5. The van der Waals surface area contributed by atoms with E-state index in [0.29, 0.717) is 0 Å². The van der Waals surface area contributed by atoms with E-state index in [1.807, 2.05) is 12.3 Å². The maximum absolute atomic E-state index is 6.19. The Kier molecular flexibility index (Phi) is 4.06. The standard InChI is InChI=1S/C16H26N4/c1-19(12-14-5-2-3-8-18-14)16(13-17)7-10-20-9-4-6-15(20)11-16/h2-3,5,8,15H,4,6-7,9-13,17H2,1H3. The van der Waals surface area contributed by atoms with Crippen LogP contribution < -0.4 is 5.73 Å². The number of piperidine rings is 1. The van der Waals surface area contributed by atoms with Gasteiger partial charge in [0.15, 0.2) is 0 Å². The van der Waals surface area contributed by atoms with E-state index in [4.69, 9.17) is 5.73 Å². The topological polar surface area (TPSA) is 45.4 Å². The minimum atomic E-state index is 0.156. The molecule has 0 spiro atoms. The van der Waals surface area contributed by atoms with Gasteiger partial charge in [0.05, 0.1) is 5.69 Å². The first-order valence-electron chi connectivity index (χ1n) is 7.79. The van der Waals surface area contributed by atoms with Gasteiger partial charge in [0, 0.05) is 37.4 Å². The van der Waals surface area contributed by atoms with Crippen LogP contribution in [0.2, 0.25) is 0 Å². The van der Waals surface area contributed by atoms with Gasteiger partial charge in [0.25, 0.3) is 0 Å². The van der Waals surface area contributed by atoms with Crippen LogP contribution >= 0.6 is 0 Å². The van der Waals surface area contributed by atoms with Gasteiger partial charge < -0.3 is 10.6 Å². The molecule has 1 aromatic rings. The summed E-state index contributed by atoms with van der Waals surface area (Å²) in [6.45, 7) is 4.13. The van der Waals surface area contributed by atoms with Crippen molar-refractivity contribution in [3.05, 3.63) is 30.1 Å². The van der Waals surface area contributed by atoms with Crippen molar-refractivity contribution in [1.29, 1.82) is 0 Å². The lowest BCUT2D eigenvalue weighted by molar-refractivity contribution is 0.0214. The molecular formula is C16H26N4. The van der Waals surface area contributed by atoms with Crippen molar-refractivity contribution in [2.75, 3.05) is 26.7 Å². The number of hydrogen-bond donors (Lipinski definition) is 1. The molecule has 4 nitrogen and oxygen atoms in total. The van der Waals surface area contributed by atoms with E-state index in [2.05, 4.69) is 34.0 Å². The largest absolute Gasteiger partial charge is 0.329 e. The fourth-order valence-corrected chi connectivity index (χ4v) is 3.90. The Labute approximate surface area is 122 Å². The quantitative estimate of drug-likeness (QED) is 0.903. The van der Waals surface area contributed by atoms with E-state index in [9.17, 15) is 0 Å². The number of pyridine rings is 1. The van der Waals surface area contributed by atoms with E-state index in [0.717, 1.165) is 24.8 Å². The number of fused-ring (bicyclic) bond motifs is 1. The van der Waals surface area contributed by atoms with E-state index in [-0.39, 0.29) is 5.54 Å². The van der Waals surface area contributed by atoms with Gasteiger partial charge >= 0.3 is 0 Å². The third-order valence-electron chi connectivity index (χ3n) is 5.29. The Balaban J connectivity index is 1.71. The number of likely N-dealkylation sites (N-methyl/N-ethyl adjacent to an activating group) is 1. The monoisotopic (exact) mass is 274 g/mol. The second kappa shape index (κ2) is 5.80. The number of nitrogens with zero attached hydrogens (tertiary/aromatic N) is 3. The maximum atomic E-state index is 6.19. The molecule has 2 N–H and O–H groups in total. The molecule has 2 aliphatic rings. The highest BCUT2D eigenvalue weighted by molar-refractivity contribution is 5.07. The van der Waals surface area contributed by atoms with Crippen LogP contribution in [-0.4, -0.2) is 53.0 Å². The lowest BCUT2D eigenvalue weighted by atomic mass is 9.82. The molecule has 0 aliphatic carbocycles. The van der Waals surface area contributed by atoms with Crippen LogP contribution in [0.15, 0.2) is 24.4 Å². The van der Waals surface area contributed by atoms with E-state index in [1.54, 1.807) is 0 Å². The highest BCUT2D eigenvalue weighted by atomic mass is 15.3. The molecule has 0 aromatic carbocycles. The molecule has 0 radical (unpaired) electrons. The Morgan fingerprint density at radius 2 is 2.35 bits per heavy atom. The van der Waals surface area contributed by atoms with E-state index < -0.39 is 0 Å². The normalized spacial score (nSPS) is 30.6. The predicted molar refractivity (Wildman–Crippen MR) is 81.3 cm³/mol. The van der Waals surface area contributed by atoms with Crippen LogP contribution in [0, 0.1) is 0 Å². The molecule has 2 saturated heterocycles. The number of aromatic nitrogens is 1. The van der Waals surface area contributed by atoms with Gasteiger partial charge in [-0.1, -0.05) is 6.07 Å². The van der Waals surface area contributed by atoms with E-state index in [1.165, 1.54) is 38.8 Å². The fourth-order valence-electron chi connectivity index (χ4n) is 3.90. The van der Waals surface area contributed by atoms with Gasteiger partial charge in [0.1, 0.15) is 0 Å². The first kappa shape index (κ1) is 14.0. The highest BCUT2D eigenvalue weighted by Crippen LogP contribution is 2.36. The summed E-state index contributed by atoms with van der Waals surface area (Å²) in [5.41, 5.74) is 7.49. The average Bonchev–Trinajstić information content (AvgIpc) is 2.95. The Morgan fingerprint density at radius 3 is 3.10 bits per heavy atom. The third-order valence-corrected chi connectivity index (χ3v) is 5.29. The molecule has 2 atom stereocenters. The van der Waals surface area contributed by atoms with Gasteiger partial charge in [-0.3, -0.25) is 9.88 Å². The van der Waals surface area contributed by atoms with Crippen LogP contribution in [0.5, 0.6) is 0 Å². The SMILES string of the molecule is CN(Cc1ccccn1)C1(CN)CCN2CCCC2C1. The molecule has 3 heterocycles. The van der Waals surface area contributed by atoms with Crippen LogP contribution in [-0.2, 0) is 6.54 Å². The highest BCUT2D eigenvalue weighted by Gasteiger charge is 2.43. The zero-order valence-electron chi connectivity index (χ0n) is 12.5. The summed E-state index contributed by atoms with van der Waals surface area (Å²) in [6, 6.07) is 6.88. The molecule has 0 amide bonds. The summed E-state index contributed by atoms with van der Waals surface area (Å²) in [6.07, 6.45) is 6.97. The van der Waals surface area contributed by atoms with E-state index >= 15 is 0 Å².